The predicted molar refractivity (Wildman–Crippen MR) is 67.9 cm³/mol. The molecular formula is C12H11N3O3. The Morgan fingerprint density at radius 1 is 1.28 bits per heavy atom. The van der Waals surface area contributed by atoms with Crippen molar-refractivity contribution in [2.24, 2.45) is 4.99 Å². The Morgan fingerprint density at radius 3 is 2.78 bits per heavy atom. The predicted octanol–water partition coefficient (Wildman–Crippen LogP) is 0.822. The van der Waals surface area contributed by atoms with Crippen LogP contribution in [0.4, 0.5) is 5.69 Å². The number of methoxy groups -OCH3 is 1. The number of aromatic amines is 2. The lowest BCUT2D eigenvalue weighted by Gasteiger charge is -2.02. The van der Waals surface area contributed by atoms with Gasteiger partial charge in [-0.05, 0) is 12.1 Å². The van der Waals surface area contributed by atoms with Crippen molar-refractivity contribution >= 4 is 11.9 Å². The summed E-state index contributed by atoms with van der Waals surface area (Å²) >= 11 is 0. The Bertz CT molecular complexity index is 685. The molecular weight excluding hydrogens is 234 g/mol. The highest BCUT2D eigenvalue weighted by atomic mass is 16.5. The molecule has 6 heteroatoms. The molecule has 1 aromatic heterocycles. The minimum atomic E-state index is -0.559. The first-order valence-electron chi connectivity index (χ1n) is 5.20. The van der Waals surface area contributed by atoms with E-state index < -0.39 is 11.2 Å². The van der Waals surface area contributed by atoms with E-state index in [4.69, 9.17) is 4.74 Å². The fourth-order valence-electron chi connectivity index (χ4n) is 1.41. The van der Waals surface area contributed by atoms with E-state index in [0.717, 1.165) is 5.56 Å². The summed E-state index contributed by atoms with van der Waals surface area (Å²) in [5.74, 6) is 0.655. The average molecular weight is 245 g/mol. The van der Waals surface area contributed by atoms with Crippen LogP contribution in [0.1, 0.15) is 5.56 Å². The van der Waals surface area contributed by atoms with E-state index in [1.54, 1.807) is 13.2 Å². The van der Waals surface area contributed by atoms with Crippen molar-refractivity contribution in [2.45, 2.75) is 0 Å². The van der Waals surface area contributed by atoms with Crippen LogP contribution in [-0.4, -0.2) is 23.3 Å². The van der Waals surface area contributed by atoms with Gasteiger partial charge in [-0.15, -0.1) is 0 Å². The van der Waals surface area contributed by atoms with E-state index in [9.17, 15) is 9.59 Å². The zero-order valence-corrected chi connectivity index (χ0v) is 9.64. The zero-order chi connectivity index (χ0) is 13.0. The molecule has 0 atom stereocenters. The first-order valence-corrected chi connectivity index (χ1v) is 5.20. The molecule has 0 amide bonds. The summed E-state index contributed by atoms with van der Waals surface area (Å²) in [5, 5.41) is 0. The molecule has 0 saturated heterocycles. The van der Waals surface area contributed by atoms with Crippen LogP contribution in [0.5, 0.6) is 5.75 Å². The fourth-order valence-corrected chi connectivity index (χ4v) is 1.41. The van der Waals surface area contributed by atoms with Crippen molar-refractivity contribution < 1.29 is 4.74 Å². The summed E-state index contributed by atoms with van der Waals surface area (Å²) in [4.78, 5) is 30.7. The van der Waals surface area contributed by atoms with Crippen LogP contribution in [0.2, 0.25) is 0 Å². The maximum absolute atomic E-state index is 11.4. The number of hydrogen-bond acceptors (Lipinski definition) is 4. The van der Waals surface area contributed by atoms with Gasteiger partial charge >= 0.3 is 5.69 Å². The summed E-state index contributed by atoms with van der Waals surface area (Å²) in [6, 6.07) is 7.27. The smallest absolute Gasteiger partial charge is 0.325 e. The van der Waals surface area contributed by atoms with Crippen LogP contribution in [0.3, 0.4) is 0 Å². The van der Waals surface area contributed by atoms with Crippen molar-refractivity contribution in [2.75, 3.05) is 7.11 Å². The number of nitrogens with one attached hydrogen (secondary N) is 2. The molecule has 0 radical (unpaired) electrons. The van der Waals surface area contributed by atoms with Crippen LogP contribution >= 0.6 is 0 Å². The average Bonchev–Trinajstić information content (AvgIpc) is 2.38. The minimum absolute atomic E-state index is 0.125. The lowest BCUT2D eigenvalue weighted by molar-refractivity contribution is 0.414. The number of aliphatic imine (C=N–C) groups is 1. The largest absolute Gasteiger partial charge is 0.496 e. The normalized spacial score (nSPS) is 10.7. The molecule has 92 valence electrons. The van der Waals surface area contributed by atoms with E-state index in [1.807, 2.05) is 18.2 Å². The standard InChI is InChI=1S/C12H11N3O3/c1-18-10-5-3-2-4-8(10)6-13-9-7-14-12(17)15-11(9)16/h2-7H,1H3,(H2,14,15,16,17). The van der Waals surface area contributed by atoms with Gasteiger partial charge in [0.1, 0.15) is 11.4 Å². The molecule has 0 aliphatic carbocycles. The summed E-state index contributed by atoms with van der Waals surface area (Å²) in [7, 11) is 1.56. The Labute approximate surface area is 102 Å². The van der Waals surface area contributed by atoms with Gasteiger partial charge < -0.3 is 9.72 Å². The van der Waals surface area contributed by atoms with Gasteiger partial charge in [-0.2, -0.15) is 0 Å². The van der Waals surface area contributed by atoms with Gasteiger partial charge in [0.2, 0.25) is 0 Å². The molecule has 18 heavy (non-hydrogen) atoms. The van der Waals surface area contributed by atoms with E-state index in [-0.39, 0.29) is 5.69 Å². The van der Waals surface area contributed by atoms with Gasteiger partial charge in [-0.25, -0.2) is 9.79 Å². The number of aromatic nitrogens is 2. The Morgan fingerprint density at radius 2 is 2.06 bits per heavy atom. The third kappa shape index (κ3) is 2.54. The van der Waals surface area contributed by atoms with Crippen LogP contribution in [0.25, 0.3) is 0 Å². The molecule has 0 aliphatic rings. The maximum Gasteiger partial charge on any atom is 0.325 e. The van der Waals surface area contributed by atoms with Crippen LogP contribution in [0, 0.1) is 0 Å². The quantitative estimate of drug-likeness (QED) is 0.785. The monoisotopic (exact) mass is 245 g/mol. The van der Waals surface area contributed by atoms with Crippen molar-refractivity contribution in [3.8, 4) is 5.75 Å². The molecule has 0 unspecified atom stereocenters. The summed E-state index contributed by atoms with van der Waals surface area (Å²) in [5.41, 5.74) is -0.229. The molecule has 0 spiro atoms. The van der Waals surface area contributed by atoms with Gasteiger partial charge in [0.05, 0.1) is 7.11 Å². The summed E-state index contributed by atoms with van der Waals surface area (Å²) in [6.45, 7) is 0. The minimum Gasteiger partial charge on any atom is -0.496 e. The van der Waals surface area contributed by atoms with Gasteiger partial charge in [0.25, 0.3) is 5.56 Å². The van der Waals surface area contributed by atoms with E-state index in [1.165, 1.54) is 12.4 Å². The molecule has 1 heterocycles. The van der Waals surface area contributed by atoms with Crippen molar-refractivity contribution in [3.63, 3.8) is 0 Å². The number of ether oxygens (including phenoxy) is 1. The first kappa shape index (κ1) is 11.8. The molecule has 6 nitrogen and oxygen atoms in total. The molecule has 2 aromatic rings. The number of benzene rings is 1. The molecule has 2 rings (SSSR count). The van der Waals surface area contributed by atoms with E-state index >= 15 is 0 Å². The second kappa shape index (κ2) is 5.13. The Hall–Kier alpha value is -2.63. The first-order chi connectivity index (χ1) is 8.70. The van der Waals surface area contributed by atoms with Gasteiger partial charge in [-0.3, -0.25) is 9.78 Å². The van der Waals surface area contributed by atoms with Gasteiger partial charge in [0.15, 0.2) is 0 Å². The number of rotatable bonds is 3. The Balaban J connectivity index is 2.36. The molecule has 0 fully saturated rings. The van der Waals surface area contributed by atoms with Crippen molar-refractivity contribution in [3.05, 3.63) is 56.9 Å². The Kier molecular flexibility index (Phi) is 3.38. The highest BCUT2D eigenvalue weighted by Crippen LogP contribution is 2.15. The molecule has 1 aromatic carbocycles. The van der Waals surface area contributed by atoms with Gasteiger partial charge in [0, 0.05) is 18.0 Å². The molecule has 0 saturated carbocycles. The lowest BCUT2D eigenvalue weighted by Crippen LogP contribution is -2.20. The SMILES string of the molecule is COc1ccccc1C=Nc1c[nH]c(=O)[nH]c1=O. The van der Waals surface area contributed by atoms with Crippen molar-refractivity contribution in [1.82, 2.24) is 9.97 Å². The second-order valence-electron chi connectivity index (χ2n) is 3.46. The fraction of sp³-hybridized carbons (Fsp3) is 0.0833. The number of hydrogen-bond donors (Lipinski definition) is 2. The molecule has 2 N–H and O–H groups in total. The zero-order valence-electron chi connectivity index (χ0n) is 9.64. The summed E-state index contributed by atoms with van der Waals surface area (Å²) < 4.78 is 5.15. The maximum atomic E-state index is 11.4. The van der Waals surface area contributed by atoms with Crippen LogP contribution < -0.4 is 16.0 Å². The third-order valence-corrected chi connectivity index (χ3v) is 2.28. The number of nitrogens with zero attached hydrogens (tertiary/aromatic N) is 1. The van der Waals surface area contributed by atoms with Crippen LogP contribution in [-0.2, 0) is 0 Å². The van der Waals surface area contributed by atoms with E-state index in [0.29, 0.717) is 5.75 Å². The number of para-hydroxylation sites is 1. The highest BCUT2D eigenvalue weighted by molar-refractivity contribution is 5.85. The van der Waals surface area contributed by atoms with Gasteiger partial charge in [-0.1, -0.05) is 12.1 Å². The molecule has 0 bridgehead atoms. The topological polar surface area (TPSA) is 87.3 Å². The molecule has 0 aliphatic heterocycles. The highest BCUT2D eigenvalue weighted by Gasteiger charge is 1.99. The van der Waals surface area contributed by atoms with E-state index in [2.05, 4.69) is 15.0 Å². The number of H-pyrrole nitrogens is 2. The van der Waals surface area contributed by atoms with Crippen molar-refractivity contribution in [1.29, 1.82) is 0 Å². The van der Waals surface area contributed by atoms with Crippen LogP contribution in [0.15, 0.2) is 45.0 Å². The second-order valence-corrected chi connectivity index (χ2v) is 3.46. The lowest BCUT2D eigenvalue weighted by atomic mass is 10.2. The third-order valence-electron chi connectivity index (χ3n) is 2.28. The summed E-state index contributed by atoms with van der Waals surface area (Å²) in [6.07, 6.45) is 2.76.